The van der Waals surface area contributed by atoms with Gasteiger partial charge in [-0.05, 0) is 86.3 Å². The number of hydrogen-bond donors (Lipinski definition) is 1. The van der Waals surface area contributed by atoms with E-state index in [1.807, 2.05) is 30.3 Å². The predicted octanol–water partition coefficient (Wildman–Crippen LogP) is 6.40. The fourth-order valence-corrected chi connectivity index (χ4v) is 3.19. The number of nitrogens with one attached hydrogen (secondary N) is 1. The van der Waals surface area contributed by atoms with E-state index in [4.69, 9.17) is 4.74 Å². The minimum atomic E-state index is 0.812. The molecule has 4 rings (SSSR count). The quantitative estimate of drug-likeness (QED) is 0.452. The maximum atomic E-state index is 6.04. The highest BCUT2D eigenvalue weighted by molar-refractivity contribution is 5.92. The van der Waals surface area contributed by atoms with Crippen LogP contribution in [0.15, 0.2) is 60.9 Å². The monoisotopic (exact) mass is 369 g/mol. The van der Waals surface area contributed by atoms with Gasteiger partial charge in [0.05, 0.1) is 5.52 Å². The van der Waals surface area contributed by atoms with Crippen LogP contribution in [0.1, 0.15) is 22.3 Å². The molecule has 1 aromatic heterocycles. The molecule has 0 radical (unpaired) electrons. The largest absolute Gasteiger partial charge is 0.457 e. The lowest BCUT2D eigenvalue weighted by molar-refractivity contribution is 0.478. The van der Waals surface area contributed by atoms with Gasteiger partial charge in [-0.25, -0.2) is 9.97 Å². The van der Waals surface area contributed by atoms with Crippen LogP contribution in [-0.2, 0) is 0 Å². The Morgan fingerprint density at radius 3 is 2.29 bits per heavy atom. The van der Waals surface area contributed by atoms with Gasteiger partial charge < -0.3 is 10.1 Å². The second-order valence-corrected chi connectivity index (χ2v) is 7.15. The van der Waals surface area contributed by atoms with Crippen LogP contribution in [-0.4, -0.2) is 9.97 Å². The highest BCUT2D eigenvalue weighted by atomic mass is 16.5. The first kappa shape index (κ1) is 18.0. The third-order valence-corrected chi connectivity index (χ3v) is 5.00. The molecule has 0 aliphatic carbocycles. The van der Waals surface area contributed by atoms with Crippen LogP contribution >= 0.6 is 0 Å². The van der Waals surface area contributed by atoms with Gasteiger partial charge in [-0.15, -0.1) is 0 Å². The normalized spacial score (nSPS) is 10.9. The summed E-state index contributed by atoms with van der Waals surface area (Å²) in [6.45, 7) is 8.33. The van der Waals surface area contributed by atoms with Crippen LogP contribution in [0, 0.1) is 27.7 Å². The van der Waals surface area contributed by atoms with E-state index in [0.29, 0.717) is 0 Å². The van der Waals surface area contributed by atoms with E-state index in [1.54, 1.807) is 6.33 Å². The van der Waals surface area contributed by atoms with Gasteiger partial charge >= 0.3 is 0 Å². The van der Waals surface area contributed by atoms with Crippen molar-refractivity contribution in [3.8, 4) is 11.5 Å². The van der Waals surface area contributed by atoms with Crippen molar-refractivity contribution in [3.05, 3.63) is 83.2 Å². The summed E-state index contributed by atoms with van der Waals surface area (Å²) in [5.74, 6) is 2.50. The molecule has 0 unspecified atom stereocenters. The average molecular weight is 369 g/mol. The summed E-state index contributed by atoms with van der Waals surface area (Å²) in [6, 6.07) is 18.2. The molecule has 140 valence electrons. The zero-order chi connectivity index (χ0) is 19.7. The Morgan fingerprint density at radius 1 is 0.750 bits per heavy atom. The van der Waals surface area contributed by atoms with E-state index in [-0.39, 0.29) is 0 Å². The molecule has 0 spiro atoms. The van der Waals surface area contributed by atoms with Crippen molar-refractivity contribution in [2.45, 2.75) is 27.7 Å². The molecule has 28 heavy (non-hydrogen) atoms. The summed E-state index contributed by atoms with van der Waals surface area (Å²) in [5, 5.41) is 4.51. The average Bonchev–Trinajstić information content (AvgIpc) is 2.68. The molecular formula is C24H23N3O. The SMILES string of the molecule is Cc1cc2ncnc(Nc3cc(C)c(Oc4ccccc4)cc3C)c2cc1C. The number of anilines is 2. The third kappa shape index (κ3) is 3.54. The van der Waals surface area contributed by atoms with Gasteiger partial charge in [0.1, 0.15) is 23.6 Å². The summed E-state index contributed by atoms with van der Waals surface area (Å²) in [5.41, 5.74) is 6.56. The first-order chi connectivity index (χ1) is 13.5. The Kier molecular flexibility index (Phi) is 4.70. The van der Waals surface area contributed by atoms with Crippen LogP contribution in [0.5, 0.6) is 11.5 Å². The molecule has 1 heterocycles. The van der Waals surface area contributed by atoms with Gasteiger partial charge in [-0.1, -0.05) is 18.2 Å². The summed E-state index contributed by atoms with van der Waals surface area (Å²) in [7, 11) is 0. The number of fused-ring (bicyclic) bond motifs is 1. The minimum Gasteiger partial charge on any atom is -0.457 e. The van der Waals surface area contributed by atoms with E-state index in [9.17, 15) is 0 Å². The second kappa shape index (κ2) is 7.31. The van der Waals surface area contributed by atoms with Gasteiger partial charge in [0.15, 0.2) is 0 Å². The van der Waals surface area contributed by atoms with Gasteiger partial charge in [0, 0.05) is 11.1 Å². The van der Waals surface area contributed by atoms with Crippen LogP contribution in [0.3, 0.4) is 0 Å². The van der Waals surface area contributed by atoms with Gasteiger partial charge in [-0.3, -0.25) is 0 Å². The predicted molar refractivity (Wildman–Crippen MR) is 115 cm³/mol. The van der Waals surface area contributed by atoms with Crippen LogP contribution in [0.4, 0.5) is 11.5 Å². The lowest BCUT2D eigenvalue weighted by Crippen LogP contribution is -2.00. The second-order valence-electron chi connectivity index (χ2n) is 7.15. The highest BCUT2D eigenvalue weighted by Crippen LogP contribution is 2.33. The zero-order valence-electron chi connectivity index (χ0n) is 16.6. The number of hydrogen-bond acceptors (Lipinski definition) is 4. The maximum Gasteiger partial charge on any atom is 0.141 e. The van der Waals surface area contributed by atoms with Crippen LogP contribution < -0.4 is 10.1 Å². The minimum absolute atomic E-state index is 0.812. The molecule has 1 N–H and O–H groups in total. The first-order valence-electron chi connectivity index (χ1n) is 9.34. The van der Waals surface area contributed by atoms with Crippen LogP contribution in [0.25, 0.3) is 10.9 Å². The zero-order valence-corrected chi connectivity index (χ0v) is 16.6. The van der Waals surface area contributed by atoms with Crippen molar-refractivity contribution in [1.29, 1.82) is 0 Å². The molecule has 4 aromatic rings. The van der Waals surface area contributed by atoms with Crippen molar-refractivity contribution in [2.75, 3.05) is 5.32 Å². The van der Waals surface area contributed by atoms with E-state index in [2.05, 4.69) is 67.2 Å². The molecule has 0 fully saturated rings. The fraction of sp³-hybridized carbons (Fsp3) is 0.167. The van der Waals surface area contributed by atoms with Crippen molar-refractivity contribution >= 4 is 22.4 Å². The highest BCUT2D eigenvalue weighted by Gasteiger charge is 2.10. The third-order valence-electron chi connectivity index (χ3n) is 5.00. The summed E-state index contributed by atoms with van der Waals surface area (Å²) in [4.78, 5) is 8.90. The molecule has 0 amide bonds. The van der Waals surface area contributed by atoms with Gasteiger partial charge in [0.25, 0.3) is 0 Å². The van der Waals surface area contributed by atoms with E-state index < -0.39 is 0 Å². The van der Waals surface area contributed by atoms with Crippen molar-refractivity contribution in [2.24, 2.45) is 0 Å². The van der Waals surface area contributed by atoms with Gasteiger partial charge in [-0.2, -0.15) is 0 Å². The molecule has 0 aliphatic heterocycles. The molecule has 0 saturated heterocycles. The van der Waals surface area contributed by atoms with Crippen molar-refractivity contribution in [1.82, 2.24) is 9.97 Å². The number of aromatic nitrogens is 2. The lowest BCUT2D eigenvalue weighted by atomic mass is 10.1. The standard InChI is InChI=1S/C24H23N3O/c1-15-10-20-22(11-16(15)2)25-14-26-24(20)27-21-12-18(4)23(13-17(21)3)28-19-8-6-5-7-9-19/h5-14H,1-4H3,(H,25,26,27). The maximum absolute atomic E-state index is 6.04. The number of aryl methyl sites for hydroxylation is 4. The van der Waals surface area contributed by atoms with E-state index in [1.165, 1.54) is 11.1 Å². The van der Waals surface area contributed by atoms with Crippen molar-refractivity contribution < 1.29 is 4.74 Å². The first-order valence-corrected chi connectivity index (χ1v) is 9.34. The Labute approximate surface area is 165 Å². The Bertz CT molecular complexity index is 1150. The Hall–Kier alpha value is -3.40. The van der Waals surface area contributed by atoms with Crippen molar-refractivity contribution in [3.63, 3.8) is 0 Å². The van der Waals surface area contributed by atoms with E-state index >= 15 is 0 Å². The molecular weight excluding hydrogens is 346 g/mol. The molecule has 4 nitrogen and oxygen atoms in total. The number of nitrogens with zero attached hydrogens (tertiary/aromatic N) is 2. The number of ether oxygens (including phenoxy) is 1. The van der Waals surface area contributed by atoms with Gasteiger partial charge in [0.2, 0.25) is 0 Å². The summed E-state index contributed by atoms with van der Waals surface area (Å²) >= 11 is 0. The number of para-hydroxylation sites is 1. The number of benzene rings is 3. The lowest BCUT2D eigenvalue weighted by Gasteiger charge is -2.15. The molecule has 0 bridgehead atoms. The molecule has 0 atom stereocenters. The smallest absolute Gasteiger partial charge is 0.141 e. The Balaban J connectivity index is 1.68. The molecule has 4 heteroatoms. The molecule has 3 aromatic carbocycles. The topological polar surface area (TPSA) is 47.0 Å². The summed E-state index contributed by atoms with van der Waals surface area (Å²) in [6.07, 6.45) is 1.61. The fourth-order valence-electron chi connectivity index (χ4n) is 3.19. The van der Waals surface area contributed by atoms with Crippen LogP contribution in [0.2, 0.25) is 0 Å². The number of rotatable bonds is 4. The summed E-state index contributed by atoms with van der Waals surface area (Å²) < 4.78 is 6.04. The Morgan fingerprint density at radius 2 is 1.50 bits per heavy atom. The van der Waals surface area contributed by atoms with E-state index in [0.717, 1.165) is 45.0 Å². The molecule has 0 aliphatic rings. The molecule has 0 saturated carbocycles.